The van der Waals surface area contributed by atoms with Crippen molar-refractivity contribution in [3.63, 3.8) is 0 Å². The number of aromatic nitrogens is 2. The van der Waals surface area contributed by atoms with Crippen LogP contribution in [0.2, 0.25) is 0 Å². The van der Waals surface area contributed by atoms with Crippen LogP contribution in [0, 0.1) is 0 Å². The van der Waals surface area contributed by atoms with Crippen molar-refractivity contribution >= 4 is 28.8 Å². The molecule has 0 radical (unpaired) electrons. The van der Waals surface area contributed by atoms with Crippen LogP contribution in [0.4, 0.5) is 0 Å². The third kappa shape index (κ3) is 2.98. The number of rotatable bonds is 6. The third-order valence-electron chi connectivity index (χ3n) is 3.42. The van der Waals surface area contributed by atoms with E-state index >= 15 is 0 Å². The summed E-state index contributed by atoms with van der Waals surface area (Å²) >= 11 is 1.50. The van der Waals surface area contributed by atoms with Gasteiger partial charge in [-0.15, -0.1) is 0 Å². The third-order valence-corrected chi connectivity index (χ3v) is 4.68. The Morgan fingerprint density at radius 2 is 2.33 bits per heavy atom. The van der Waals surface area contributed by atoms with Gasteiger partial charge in [0.25, 0.3) is 0 Å². The van der Waals surface area contributed by atoms with E-state index in [0.29, 0.717) is 19.7 Å². The summed E-state index contributed by atoms with van der Waals surface area (Å²) < 4.78 is 5.16. The molecule has 0 spiro atoms. The number of benzene rings is 1. The molecular formula is C14H17N3O3S. The van der Waals surface area contributed by atoms with Gasteiger partial charge in [0.1, 0.15) is 5.75 Å². The number of carbonyl (C=O) groups is 1. The average Bonchev–Trinajstić information content (AvgIpc) is 2.77. The Kier molecular flexibility index (Phi) is 3.77. The summed E-state index contributed by atoms with van der Waals surface area (Å²) in [4.78, 5) is 18.8. The van der Waals surface area contributed by atoms with Crippen molar-refractivity contribution in [2.45, 2.75) is 23.2 Å². The summed E-state index contributed by atoms with van der Waals surface area (Å²) in [5, 5.41) is 12.9. The van der Waals surface area contributed by atoms with Gasteiger partial charge >= 0.3 is 5.97 Å². The van der Waals surface area contributed by atoms with Crippen LogP contribution < -0.4 is 10.1 Å². The monoisotopic (exact) mass is 307 g/mol. The van der Waals surface area contributed by atoms with Crippen molar-refractivity contribution in [1.29, 1.82) is 0 Å². The number of hydrogen-bond donors (Lipinski definition) is 3. The quantitative estimate of drug-likeness (QED) is 0.755. The summed E-state index contributed by atoms with van der Waals surface area (Å²) in [5.41, 5.74) is 1.76. The van der Waals surface area contributed by atoms with Crippen LogP contribution in [0.25, 0.3) is 11.0 Å². The molecule has 112 valence electrons. The lowest BCUT2D eigenvalue weighted by Crippen LogP contribution is -2.58. The van der Waals surface area contributed by atoms with E-state index in [1.165, 1.54) is 11.8 Å². The lowest BCUT2D eigenvalue weighted by molar-refractivity contribution is -0.138. The van der Waals surface area contributed by atoms with Crippen LogP contribution in [0.15, 0.2) is 23.4 Å². The van der Waals surface area contributed by atoms with Crippen LogP contribution >= 0.6 is 11.8 Å². The number of carboxylic acid groups (broad SMARTS) is 1. The second-order valence-corrected chi connectivity index (χ2v) is 6.57. The van der Waals surface area contributed by atoms with E-state index in [4.69, 9.17) is 9.84 Å². The number of aliphatic carboxylic acids is 1. The SMILES string of the molecule is CCOc1ccc2nc(SC3(CC(=O)O)CNC3)[nH]c2c1. The first-order valence-electron chi connectivity index (χ1n) is 6.84. The minimum atomic E-state index is -0.779. The van der Waals surface area contributed by atoms with Gasteiger partial charge in [0.2, 0.25) is 0 Å². The van der Waals surface area contributed by atoms with Crippen LogP contribution in [0.1, 0.15) is 13.3 Å². The molecule has 1 fully saturated rings. The van der Waals surface area contributed by atoms with Gasteiger partial charge in [-0.1, -0.05) is 11.8 Å². The Balaban J connectivity index is 1.82. The number of hydrogen-bond acceptors (Lipinski definition) is 5. The van der Waals surface area contributed by atoms with E-state index in [9.17, 15) is 4.79 Å². The lowest BCUT2D eigenvalue weighted by Gasteiger charge is -2.40. The molecule has 2 heterocycles. The smallest absolute Gasteiger partial charge is 0.304 e. The number of nitrogens with zero attached hydrogens (tertiary/aromatic N) is 1. The topological polar surface area (TPSA) is 87.2 Å². The molecule has 0 unspecified atom stereocenters. The largest absolute Gasteiger partial charge is 0.494 e. The van der Waals surface area contributed by atoms with Crippen LogP contribution in [0.5, 0.6) is 5.75 Å². The maximum absolute atomic E-state index is 11.0. The second kappa shape index (κ2) is 5.57. The summed E-state index contributed by atoms with van der Waals surface area (Å²) in [6.45, 7) is 3.93. The fraction of sp³-hybridized carbons (Fsp3) is 0.429. The van der Waals surface area contributed by atoms with Crippen molar-refractivity contribution in [3.05, 3.63) is 18.2 Å². The Hall–Kier alpha value is -1.73. The molecule has 2 aromatic rings. The van der Waals surface area contributed by atoms with Crippen LogP contribution in [-0.2, 0) is 4.79 Å². The van der Waals surface area contributed by atoms with E-state index in [-0.39, 0.29) is 11.2 Å². The molecule has 1 aliphatic rings. The summed E-state index contributed by atoms with van der Waals surface area (Å²) in [5.74, 6) is 0.0227. The lowest BCUT2D eigenvalue weighted by atomic mass is 9.98. The normalized spacial score (nSPS) is 16.6. The maximum Gasteiger partial charge on any atom is 0.304 e. The number of carboxylic acids is 1. The summed E-state index contributed by atoms with van der Waals surface area (Å²) in [6, 6.07) is 5.71. The maximum atomic E-state index is 11.0. The molecule has 7 heteroatoms. The van der Waals surface area contributed by atoms with Crippen LogP contribution in [0.3, 0.4) is 0 Å². The Morgan fingerprint density at radius 1 is 1.52 bits per heavy atom. The minimum Gasteiger partial charge on any atom is -0.494 e. The molecular weight excluding hydrogens is 290 g/mol. The van der Waals surface area contributed by atoms with Gasteiger partial charge in [0.05, 0.1) is 28.8 Å². The molecule has 0 aliphatic carbocycles. The average molecular weight is 307 g/mol. The molecule has 1 saturated heterocycles. The van der Waals surface area contributed by atoms with Crippen molar-refractivity contribution in [3.8, 4) is 5.75 Å². The minimum absolute atomic E-state index is 0.131. The zero-order valence-corrected chi connectivity index (χ0v) is 12.5. The van der Waals surface area contributed by atoms with E-state index in [1.54, 1.807) is 0 Å². The molecule has 0 amide bonds. The standard InChI is InChI=1S/C14H17N3O3S/c1-2-20-9-3-4-10-11(5-9)17-13(16-10)21-14(6-12(18)19)7-15-8-14/h3-5,15H,2,6-8H2,1H3,(H,16,17)(H,18,19). The highest BCUT2D eigenvalue weighted by Crippen LogP contribution is 2.38. The van der Waals surface area contributed by atoms with Gasteiger partial charge in [-0.25, -0.2) is 4.98 Å². The van der Waals surface area contributed by atoms with E-state index < -0.39 is 5.97 Å². The first-order valence-corrected chi connectivity index (χ1v) is 7.66. The van der Waals surface area contributed by atoms with Gasteiger partial charge < -0.3 is 20.1 Å². The first kappa shape index (κ1) is 14.2. The molecule has 6 nitrogen and oxygen atoms in total. The molecule has 0 atom stereocenters. The van der Waals surface area contributed by atoms with Gasteiger partial charge in [-0.05, 0) is 19.1 Å². The highest BCUT2D eigenvalue weighted by Gasteiger charge is 2.41. The predicted octanol–water partition coefficient (Wildman–Crippen LogP) is 1.87. The molecule has 3 N–H and O–H groups in total. The van der Waals surface area contributed by atoms with E-state index in [0.717, 1.165) is 21.9 Å². The van der Waals surface area contributed by atoms with Gasteiger partial charge in [0, 0.05) is 19.2 Å². The van der Waals surface area contributed by atoms with Crippen molar-refractivity contribution < 1.29 is 14.6 Å². The van der Waals surface area contributed by atoms with Crippen molar-refractivity contribution in [1.82, 2.24) is 15.3 Å². The highest BCUT2D eigenvalue weighted by molar-refractivity contribution is 8.00. The number of nitrogens with one attached hydrogen (secondary N) is 2. The second-order valence-electron chi connectivity index (χ2n) is 5.11. The summed E-state index contributed by atoms with van der Waals surface area (Å²) in [6.07, 6.45) is 0.131. The Morgan fingerprint density at radius 3 is 2.95 bits per heavy atom. The van der Waals surface area contributed by atoms with Gasteiger partial charge in [-0.2, -0.15) is 0 Å². The fourth-order valence-electron chi connectivity index (χ4n) is 2.39. The number of thioether (sulfide) groups is 1. The van der Waals surface area contributed by atoms with Crippen LogP contribution in [-0.4, -0.2) is 45.5 Å². The van der Waals surface area contributed by atoms with Crippen molar-refractivity contribution in [2.24, 2.45) is 0 Å². The fourth-order valence-corrected chi connectivity index (χ4v) is 3.65. The van der Waals surface area contributed by atoms with E-state index in [1.807, 2.05) is 25.1 Å². The van der Waals surface area contributed by atoms with Gasteiger partial charge in [0.15, 0.2) is 5.16 Å². The first-order chi connectivity index (χ1) is 10.1. The molecule has 0 bridgehead atoms. The van der Waals surface area contributed by atoms with Crippen molar-refractivity contribution in [2.75, 3.05) is 19.7 Å². The Labute approximate surface area is 126 Å². The van der Waals surface area contributed by atoms with E-state index in [2.05, 4.69) is 15.3 Å². The Bertz CT molecular complexity index is 667. The number of aromatic amines is 1. The molecule has 21 heavy (non-hydrogen) atoms. The zero-order valence-electron chi connectivity index (χ0n) is 11.7. The summed E-state index contributed by atoms with van der Waals surface area (Å²) in [7, 11) is 0. The molecule has 1 aromatic heterocycles. The van der Waals surface area contributed by atoms with Gasteiger partial charge in [-0.3, -0.25) is 4.79 Å². The number of H-pyrrole nitrogens is 1. The molecule has 1 aliphatic heterocycles. The predicted molar refractivity (Wildman–Crippen MR) is 81.0 cm³/mol. The molecule has 1 aromatic carbocycles. The number of imidazole rings is 1. The highest BCUT2D eigenvalue weighted by atomic mass is 32.2. The molecule has 0 saturated carbocycles. The number of ether oxygens (including phenoxy) is 1. The molecule has 3 rings (SSSR count). The zero-order chi connectivity index (χ0) is 14.9. The number of fused-ring (bicyclic) bond motifs is 1.